The highest BCUT2D eigenvalue weighted by Crippen LogP contribution is 2.31. The summed E-state index contributed by atoms with van der Waals surface area (Å²) in [5, 5.41) is 6.11. The first-order valence-electron chi connectivity index (χ1n) is 8.29. The monoisotopic (exact) mass is 379 g/mol. The van der Waals surface area contributed by atoms with Gasteiger partial charge in [-0.2, -0.15) is 13.2 Å². The molecular formula is C17H25ClF3N3O. The van der Waals surface area contributed by atoms with Crippen molar-refractivity contribution in [3.8, 4) is 0 Å². The quantitative estimate of drug-likeness (QED) is 0.798. The van der Waals surface area contributed by atoms with Gasteiger partial charge in [-0.15, -0.1) is 12.4 Å². The normalized spacial score (nSPS) is 16.8. The number of amides is 1. The minimum atomic E-state index is -4.40. The lowest BCUT2D eigenvalue weighted by atomic mass is 9.94. The highest BCUT2D eigenvalue weighted by atomic mass is 35.5. The van der Waals surface area contributed by atoms with Gasteiger partial charge in [0, 0.05) is 39.3 Å². The van der Waals surface area contributed by atoms with E-state index >= 15 is 0 Å². The fourth-order valence-corrected chi connectivity index (χ4v) is 2.90. The largest absolute Gasteiger partial charge is 0.416 e. The molecule has 2 N–H and O–H groups in total. The first-order valence-corrected chi connectivity index (χ1v) is 8.29. The Balaban J connectivity index is 0.00000312. The van der Waals surface area contributed by atoms with Crippen LogP contribution in [0.15, 0.2) is 24.3 Å². The maximum atomic E-state index is 12.8. The van der Waals surface area contributed by atoms with E-state index in [1.165, 1.54) is 6.07 Å². The lowest BCUT2D eigenvalue weighted by molar-refractivity contribution is -0.137. The number of rotatable bonds is 6. The minimum Gasteiger partial charge on any atom is -0.354 e. The molecule has 4 nitrogen and oxygen atoms in total. The average Bonchev–Trinajstić information content (AvgIpc) is 2.56. The molecule has 0 radical (unpaired) electrons. The summed E-state index contributed by atoms with van der Waals surface area (Å²) in [4.78, 5) is 14.6. The van der Waals surface area contributed by atoms with Gasteiger partial charge in [-0.25, -0.2) is 0 Å². The predicted molar refractivity (Wildman–Crippen MR) is 94.0 cm³/mol. The Bertz CT molecular complexity index is 548. The van der Waals surface area contributed by atoms with E-state index < -0.39 is 17.7 Å². The molecule has 142 valence electrons. The highest BCUT2D eigenvalue weighted by Gasteiger charge is 2.31. The summed E-state index contributed by atoms with van der Waals surface area (Å²) in [6.07, 6.45) is -3.94. The van der Waals surface area contributed by atoms with Gasteiger partial charge in [0.2, 0.25) is 5.91 Å². The first kappa shape index (κ1) is 21.7. The molecule has 0 spiro atoms. The topological polar surface area (TPSA) is 44.4 Å². The number of nitrogens with zero attached hydrogens (tertiary/aromatic N) is 1. The van der Waals surface area contributed by atoms with E-state index in [1.54, 1.807) is 13.0 Å². The molecule has 1 aliphatic rings. The van der Waals surface area contributed by atoms with E-state index in [0.717, 1.165) is 44.9 Å². The molecule has 1 fully saturated rings. The number of hydrogen-bond acceptors (Lipinski definition) is 3. The Morgan fingerprint density at radius 1 is 1.32 bits per heavy atom. The van der Waals surface area contributed by atoms with Gasteiger partial charge in [0.1, 0.15) is 0 Å². The van der Waals surface area contributed by atoms with Crippen molar-refractivity contribution in [2.24, 2.45) is 0 Å². The molecule has 0 aromatic heterocycles. The third kappa shape index (κ3) is 6.49. The van der Waals surface area contributed by atoms with Crippen LogP contribution in [0.2, 0.25) is 0 Å². The summed E-state index contributed by atoms with van der Waals surface area (Å²) < 4.78 is 38.5. The maximum Gasteiger partial charge on any atom is 0.416 e. The lowest BCUT2D eigenvalue weighted by Crippen LogP contribution is -2.46. The van der Waals surface area contributed by atoms with Crippen LogP contribution >= 0.6 is 12.4 Å². The van der Waals surface area contributed by atoms with E-state index in [0.29, 0.717) is 18.5 Å². The molecule has 1 atom stereocenters. The Kier molecular flexibility index (Phi) is 8.68. The predicted octanol–water partition coefficient (Wildman–Crippen LogP) is 2.64. The van der Waals surface area contributed by atoms with Gasteiger partial charge in [0.05, 0.1) is 11.5 Å². The summed E-state index contributed by atoms with van der Waals surface area (Å²) in [5.74, 6) is -0.776. The first-order chi connectivity index (χ1) is 11.4. The second kappa shape index (κ2) is 9.99. The van der Waals surface area contributed by atoms with E-state index in [1.807, 2.05) is 0 Å². The molecule has 1 aliphatic heterocycles. The molecule has 0 bridgehead atoms. The highest BCUT2D eigenvalue weighted by molar-refractivity contribution is 5.85. The smallest absolute Gasteiger partial charge is 0.354 e. The van der Waals surface area contributed by atoms with Crippen molar-refractivity contribution in [3.05, 3.63) is 35.4 Å². The van der Waals surface area contributed by atoms with Crippen molar-refractivity contribution in [3.63, 3.8) is 0 Å². The number of nitrogens with one attached hydrogen (secondary N) is 2. The van der Waals surface area contributed by atoms with Gasteiger partial charge >= 0.3 is 6.18 Å². The standard InChI is InChI=1S/C17H24F3N3O.ClH/c1-2-15(13-4-3-5-14(12-13)17(18,19)20)16(24)22-8-11-23-9-6-21-7-10-23;/h3-5,12,15,21H,2,6-11H2,1H3,(H,22,24);1H. The van der Waals surface area contributed by atoms with Crippen LogP contribution in [-0.4, -0.2) is 50.1 Å². The van der Waals surface area contributed by atoms with E-state index in [9.17, 15) is 18.0 Å². The molecule has 1 unspecified atom stereocenters. The van der Waals surface area contributed by atoms with E-state index in [4.69, 9.17) is 0 Å². The Morgan fingerprint density at radius 2 is 2.00 bits per heavy atom. The number of piperazine rings is 1. The van der Waals surface area contributed by atoms with Gasteiger partial charge in [-0.3, -0.25) is 9.69 Å². The number of carbonyl (C=O) groups excluding carboxylic acids is 1. The van der Waals surface area contributed by atoms with E-state index in [-0.39, 0.29) is 18.3 Å². The molecular weight excluding hydrogens is 355 g/mol. The fourth-order valence-electron chi connectivity index (χ4n) is 2.90. The molecule has 1 saturated heterocycles. The molecule has 8 heteroatoms. The van der Waals surface area contributed by atoms with Gasteiger partial charge in [-0.05, 0) is 18.1 Å². The van der Waals surface area contributed by atoms with Crippen LogP contribution in [0.5, 0.6) is 0 Å². The third-order valence-corrected chi connectivity index (χ3v) is 4.28. The second-order valence-corrected chi connectivity index (χ2v) is 5.97. The molecule has 1 amide bonds. The number of benzene rings is 1. The zero-order valence-corrected chi connectivity index (χ0v) is 15.1. The van der Waals surface area contributed by atoms with E-state index in [2.05, 4.69) is 15.5 Å². The van der Waals surface area contributed by atoms with Crippen LogP contribution in [-0.2, 0) is 11.0 Å². The summed E-state index contributed by atoms with van der Waals surface area (Å²) in [6, 6.07) is 5.04. The van der Waals surface area contributed by atoms with Crippen LogP contribution in [0.1, 0.15) is 30.4 Å². The minimum absolute atomic E-state index is 0. The van der Waals surface area contributed by atoms with Crippen molar-refractivity contribution in [2.45, 2.75) is 25.4 Å². The Labute approximate surface area is 152 Å². The van der Waals surface area contributed by atoms with Crippen molar-refractivity contribution in [2.75, 3.05) is 39.3 Å². The molecule has 0 aliphatic carbocycles. The van der Waals surface area contributed by atoms with Gasteiger partial charge < -0.3 is 10.6 Å². The Morgan fingerprint density at radius 3 is 2.60 bits per heavy atom. The SMILES string of the molecule is CCC(C(=O)NCCN1CCNCC1)c1cccc(C(F)(F)F)c1.Cl. The van der Waals surface area contributed by atoms with Crippen LogP contribution in [0, 0.1) is 0 Å². The van der Waals surface area contributed by atoms with Crippen molar-refractivity contribution in [1.82, 2.24) is 15.5 Å². The molecule has 2 rings (SSSR count). The maximum absolute atomic E-state index is 12.8. The van der Waals surface area contributed by atoms with Crippen LogP contribution < -0.4 is 10.6 Å². The van der Waals surface area contributed by atoms with Crippen LogP contribution in [0.25, 0.3) is 0 Å². The average molecular weight is 380 g/mol. The summed E-state index contributed by atoms with van der Waals surface area (Å²) in [6.45, 7) is 6.84. The number of hydrogen-bond donors (Lipinski definition) is 2. The fraction of sp³-hybridized carbons (Fsp3) is 0.588. The molecule has 0 saturated carbocycles. The van der Waals surface area contributed by atoms with Crippen molar-refractivity contribution < 1.29 is 18.0 Å². The summed E-state index contributed by atoms with van der Waals surface area (Å²) in [7, 11) is 0. The summed E-state index contributed by atoms with van der Waals surface area (Å²) in [5.41, 5.74) is -0.306. The summed E-state index contributed by atoms with van der Waals surface area (Å²) >= 11 is 0. The molecule has 1 aromatic carbocycles. The lowest BCUT2D eigenvalue weighted by Gasteiger charge is -2.27. The number of halogens is 4. The van der Waals surface area contributed by atoms with Crippen molar-refractivity contribution >= 4 is 18.3 Å². The van der Waals surface area contributed by atoms with Gasteiger partial charge in [-0.1, -0.05) is 25.1 Å². The van der Waals surface area contributed by atoms with Gasteiger partial charge in [0.25, 0.3) is 0 Å². The second-order valence-electron chi connectivity index (χ2n) is 5.97. The molecule has 1 heterocycles. The zero-order chi connectivity index (χ0) is 17.6. The van der Waals surface area contributed by atoms with Crippen molar-refractivity contribution in [1.29, 1.82) is 0 Å². The number of alkyl halides is 3. The third-order valence-electron chi connectivity index (χ3n) is 4.28. The van der Waals surface area contributed by atoms with Crippen LogP contribution in [0.3, 0.4) is 0 Å². The molecule has 1 aromatic rings. The Hall–Kier alpha value is -1.31. The number of carbonyl (C=O) groups is 1. The van der Waals surface area contributed by atoms with Crippen LogP contribution in [0.4, 0.5) is 13.2 Å². The zero-order valence-electron chi connectivity index (χ0n) is 14.2. The molecule has 25 heavy (non-hydrogen) atoms. The van der Waals surface area contributed by atoms with Gasteiger partial charge in [0.15, 0.2) is 0 Å².